The van der Waals surface area contributed by atoms with E-state index in [0.717, 1.165) is 5.69 Å². The minimum atomic E-state index is -0.322. The summed E-state index contributed by atoms with van der Waals surface area (Å²) in [6.07, 6.45) is 0. The third kappa shape index (κ3) is 3.04. The SMILES string of the molecule is CC(=O)c1ccccc1NC(=O)c1cccc(C)n1. The molecule has 0 fully saturated rings. The molecule has 19 heavy (non-hydrogen) atoms. The Morgan fingerprint density at radius 3 is 2.47 bits per heavy atom. The molecule has 0 radical (unpaired) electrons. The standard InChI is InChI=1S/C15H14N2O2/c1-10-6-5-9-14(16-10)15(19)17-13-8-4-3-7-12(13)11(2)18/h3-9H,1-2H3,(H,17,19). The second-order valence-corrected chi connectivity index (χ2v) is 4.22. The fraction of sp³-hybridized carbons (Fsp3) is 0.133. The molecule has 0 saturated carbocycles. The molecule has 1 amide bonds. The first kappa shape index (κ1) is 13.0. The van der Waals surface area contributed by atoms with E-state index in [0.29, 0.717) is 16.9 Å². The summed E-state index contributed by atoms with van der Waals surface area (Å²) >= 11 is 0. The second-order valence-electron chi connectivity index (χ2n) is 4.22. The number of para-hydroxylation sites is 1. The van der Waals surface area contributed by atoms with Crippen LogP contribution in [0.15, 0.2) is 42.5 Å². The number of rotatable bonds is 3. The van der Waals surface area contributed by atoms with Crippen molar-refractivity contribution in [2.75, 3.05) is 5.32 Å². The van der Waals surface area contributed by atoms with Crippen LogP contribution in [0.3, 0.4) is 0 Å². The molecule has 4 heteroatoms. The van der Waals surface area contributed by atoms with Gasteiger partial charge >= 0.3 is 0 Å². The van der Waals surface area contributed by atoms with Gasteiger partial charge in [-0.3, -0.25) is 9.59 Å². The summed E-state index contributed by atoms with van der Waals surface area (Å²) in [5.74, 6) is -0.412. The topological polar surface area (TPSA) is 59.1 Å². The Morgan fingerprint density at radius 2 is 1.79 bits per heavy atom. The van der Waals surface area contributed by atoms with Crippen LogP contribution in [0.4, 0.5) is 5.69 Å². The summed E-state index contributed by atoms with van der Waals surface area (Å²) < 4.78 is 0. The lowest BCUT2D eigenvalue weighted by molar-refractivity contribution is 0.101. The normalized spacial score (nSPS) is 10.0. The van der Waals surface area contributed by atoms with Crippen molar-refractivity contribution in [3.63, 3.8) is 0 Å². The predicted octanol–water partition coefficient (Wildman–Crippen LogP) is 2.84. The van der Waals surface area contributed by atoms with E-state index < -0.39 is 0 Å². The van der Waals surface area contributed by atoms with Crippen LogP contribution < -0.4 is 5.32 Å². The van der Waals surface area contributed by atoms with Gasteiger partial charge in [-0.15, -0.1) is 0 Å². The monoisotopic (exact) mass is 254 g/mol. The van der Waals surface area contributed by atoms with Gasteiger partial charge < -0.3 is 5.32 Å². The van der Waals surface area contributed by atoms with Gasteiger partial charge in [0.15, 0.2) is 5.78 Å². The highest BCUT2D eigenvalue weighted by Crippen LogP contribution is 2.16. The number of pyridine rings is 1. The molecular weight excluding hydrogens is 240 g/mol. The number of carbonyl (C=O) groups excluding carboxylic acids is 2. The lowest BCUT2D eigenvalue weighted by atomic mass is 10.1. The van der Waals surface area contributed by atoms with Crippen LogP contribution >= 0.6 is 0 Å². The number of aryl methyl sites for hydroxylation is 1. The van der Waals surface area contributed by atoms with Crippen LogP contribution in [0, 0.1) is 6.92 Å². The Hall–Kier alpha value is -2.49. The van der Waals surface area contributed by atoms with Gasteiger partial charge in [0.25, 0.3) is 5.91 Å². The molecule has 1 N–H and O–H groups in total. The van der Waals surface area contributed by atoms with Crippen LogP contribution in [-0.2, 0) is 0 Å². The van der Waals surface area contributed by atoms with E-state index >= 15 is 0 Å². The Labute approximate surface area is 111 Å². The number of ketones is 1. The summed E-state index contributed by atoms with van der Waals surface area (Å²) in [7, 11) is 0. The summed E-state index contributed by atoms with van der Waals surface area (Å²) in [6.45, 7) is 3.29. The zero-order valence-corrected chi connectivity index (χ0v) is 10.8. The highest BCUT2D eigenvalue weighted by molar-refractivity contribution is 6.08. The third-order valence-corrected chi connectivity index (χ3v) is 2.68. The highest BCUT2D eigenvalue weighted by atomic mass is 16.2. The molecule has 0 bridgehead atoms. The summed E-state index contributed by atoms with van der Waals surface area (Å²) in [5, 5.41) is 2.71. The summed E-state index contributed by atoms with van der Waals surface area (Å²) in [4.78, 5) is 27.7. The second kappa shape index (κ2) is 5.44. The number of nitrogens with zero attached hydrogens (tertiary/aromatic N) is 1. The van der Waals surface area contributed by atoms with Crippen molar-refractivity contribution in [2.45, 2.75) is 13.8 Å². The number of nitrogens with one attached hydrogen (secondary N) is 1. The van der Waals surface area contributed by atoms with Crippen molar-refractivity contribution in [3.05, 3.63) is 59.4 Å². The molecule has 0 spiro atoms. The fourth-order valence-corrected chi connectivity index (χ4v) is 1.75. The Bertz CT molecular complexity index is 636. The number of benzene rings is 1. The first-order valence-electron chi connectivity index (χ1n) is 5.93. The van der Waals surface area contributed by atoms with Gasteiger partial charge in [-0.1, -0.05) is 18.2 Å². The maximum absolute atomic E-state index is 12.1. The van der Waals surface area contributed by atoms with Gasteiger partial charge in [0.05, 0.1) is 5.69 Å². The van der Waals surface area contributed by atoms with Crippen molar-refractivity contribution in [1.29, 1.82) is 0 Å². The predicted molar refractivity (Wildman–Crippen MR) is 73.4 cm³/mol. The number of Topliss-reactive ketones (excluding diaryl/α,β-unsaturated/α-hetero) is 1. The average molecular weight is 254 g/mol. The minimum Gasteiger partial charge on any atom is -0.320 e. The number of carbonyl (C=O) groups is 2. The Kier molecular flexibility index (Phi) is 3.71. The van der Waals surface area contributed by atoms with Crippen LogP contribution in [-0.4, -0.2) is 16.7 Å². The molecule has 0 aliphatic heterocycles. The van der Waals surface area contributed by atoms with E-state index in [2.05, 4.69) is 10.3 Å². The third-order valence-electron chi connectivity index (χ3n) is 2.68. The number of hydrogen-bond acceptors (Lipinski definition) is 3. The summed E-state index contributed by atoms with van der Waals surface area (Å²) in [5.41, 5.74) is 2.10. The Balaban J connectivity index is 2.27. The van der Waals surface area contributed by atoms with E-state index in [4.69, 9.17) is 0 Å². The van der Waals surface area contributed by atoms with Crippen LogP contribution in [0.5, 0.6) is 0 Å². The van der Waals surface area contributed by atoms with Gasteiger partial charge in [0, 0.05) is 11.3 Å². The largest absolute Gasteiger partial charge is 0.320 e. The molecule has 2 aromatic rings. The van der Waals surface area contributed by atoms with E-state index in [-0.39, 0.29) is 11.7 Å². The fourth-order valence-electron chi connectivity index (χ4n) is 1.75. The maximum Gasteiger partial charge on any atom is 0.274 e. The lowest BCUT2D eigenvalue weighted by Gasteiger charge is -2.08. The van der Waals surface area contributed by atoms with Crippen LogP contribution in [0.2, 0.25) is 0 Å². The zero-order chi connectivity index (χ0) is 13.8. The molecule has 0 atom stereocenters. The van der Waals surface area contributed by atoms with Gasteiger partial charge in [0.2, 0.25) is 0 Å². The van der Waals surface area contributed by atoms with Gasteiger partial charge in [-0.2, -0.15) is 0 Å². The van der Waals surface area contributed by atoms with Crippen LogP contribution in [0.25, 0.3) is 0 Å². The van der Waals surface area contributed by atoms with Gasteiger partial charge in [0.1, 0.15) is 5.69 Å². The van der Waals surface area contributed by atoms with Crippen molar-refractivity contribution in [3.8, 4) is 0 Å². The smallest absolute Gasteiger partial charge is 0.274 e. The lowest BCUT2D eigenvalue weighted by Crippen LogP contribution is -2.15. The van der Waals surface area contributed by atoms with Crippen molar-refractivity contribution in [1.82, 2.24) is 4.98 Å². The number of anilines is 1. The number of amides is 1. The first-order valence-corrected chi connectivity index (χ1v) is 5.93. The molecule has 1 heterocycles. The molecule has 4 nitrogen and oxygen atoms in total. The molecular formula is C15H14N2O2. The van der Waals surface area contributed by atoms with E-state index in [1.807, 2.05) is 13.0 Å². The summed E-state index contributed by atoms with van der Waals surface area (Å²) in [6, 6.07) is 12.1. The molecule has 1 aromatic carbocycles. The molecule has 2 rings (SSSR count). The molecule has 0 unspecified atom stereocenters. The number of hydrogen-bond donors (Lipinski definition) is 1. The number of aromatic nitrogens is 1. The van der Waals surface area contributed by atoms with Gasteiger partial charge in [-0.05, 0) is 38.1 Å². The Morgan fingerprint density at radius 1 is 1.05 bits per heavy atom. The van der Waals surface area contributed by atoms with Crippen molar-refractivity contribution < 1.29 is 9.59 Å². The molecule has 0 aliphatic rings. The molecule has 0 saturated heterocycles. The van der Waals surface area contributed by atoms with E-state index in [1.54, 1.807) is 36.4 Å². The molecule has 96 valence electrons. The zero-order valence-electron chi connectivity index (χ0n) is 10.8. The van der Waals surface area contributed by atoms with Crippen LogP contribution in [0.1, 0.15) is 33.5 Å². The maximum atomic E-state index is 12.1. The van der Waals surface area contributed by atoms with Crippen molar-refractivity contribution >= 4 is 17.4 Å². The molecule has 1 aromatic heterocycles. The highest BCUT2D eigenvalue weighted by Gasteiger charge is 2.12. The minimum absolute atomic E-state index is 0.0897. The molecule has 0 aliphatic carbocycles. The first-order chi connectivity index (χ1) is 9.08. The van der Waals surface area contributed by atoms with E-state index in [9.17, 15) is 9.59 Å². The van der Waals surface area contributed by atoms with Crippen molar-refractivity contribution in [2.24, 2.45) is 0 Å². The van der Waals surface area contributed by atoms with E-state index in [1.165, 1.54) is 6.92 Å². The average Bonchev–Trinajstić information content (AvgIpc) is 2.39. The van der Waals surface area contributed by atoms with Gasteiger partial charge in [-0.25, -0.2) is 4.98 Å². The quantitative estimate of drug-likeness (QED) is 0.857.